The van der Waals surface area contributed by atoms with Gasteiger partial charge in [-0.05, 0) is 61.9 Å². The molecule has 0 radical (unpaired) electrons. The molecule has 5 aromatic rings. The highest BCUT2D eigenvalue weighted by molar-refractivity contribution is 6.09. The minimum Gasteiger partial charge on any atom is -0.478 e. The Kier molecular flexibility index (Phi) is 4.39. The highest BCUT2D eigenvalue weighted by atomic mass is 19.1. The van der Waals surface area contributed by atoms with Crippen LogP contribution in [-0.2, 0) is 5.60 Å². The van der Waals surface area contributed by atoms with Gasteiger partial charge in [-0.3, -0.25) is 5.10 Å². The van der Waals surface area contributed by atoms with E-state index in [0.717, 1.165) is 21.8 Å². The first-order chi connectivity index (χ1) is 15.3. The van der Waals surface area contributed by atoms with E-state index >= 15 is 0 Å². The molecule has 0 saturated carbocycles. The highest BCUT2D eigenvalue weighted by Crippen LogP contribution is 2.44. The second-order valence-corrected chi connectivity index (χ2v) is 8.27. The standard InChI is InChI=1S/C25H20FN3O3/c1-25(2,32)23-22(17-5-3-4-6-18(17)24(30)31)19-12-20-14(13-27-28-20)11-21(19)29(23)16-9-7-15(26)8-10-16/h3-13,32H,1-2H3,(H,27,28)(H,30,31). The molecule has 0 aliphatic carbocycles. The van der Waals surface area contributed by atoms with Gasteiger partial charge in [-0.15, -0.1) is 0 Å². The van der Waals surface area contributed by atoms with Crippen molar-refractivity contribution < 1.29 is 19.4 Å². The summed E-state index contributed by atoms with van der Waals surface area (Å²) in [7, 11) is 0. The molecule has 0 unspecified atom stereocenters. The van der Waals surface area contributed by atoms with Crippen LogP contribution in [0.2, 0.25) is 0 Å². The van der Waals surface area contributed by atoms with Gasteiger partial charge < -0.3 is 14.8 Å². The molecule has 0 spiro atoms. The fourth-order valence-corrected chi connectivity index (χ4v) is 4.32. The summed E-state index contributed by atoms with van der Waals surface area (Å²) in [6.07, 6.45) is 1.70. The SMILES string of the molecule is CC(C)(O)c1c(-c2ccccc2C(=O)O)c2cc3[nH]ncc3cc2n1-c1ccc(F)cc1. The molecule has 0 amide bonds. The van der Waals surface area contributed by atoms with Crippen molar-refractivity contribution in [2.75, 3.05) is 0 Å². The van der Waals surface area contributed by atoms with E-state index in [-0.39, 0.29) is 11.4 Å². The van der Waals surface area contributed by atoms with Gasteiger partial charge in [0.1, 0.15) is 5.82 Å². The predicted octanol–water partition coefficient (Wildman–Crippen LogP) is 5.24. The summed E-state index contributed by atoms with van der Waals surface area (Å²) in [5, 5.41) is 29.8. The number of carboxylic acids is 1. The number of halogens is 1. The van der Waals surface area contributed by atoms with Crippen LogP contribution in [-0.4, -0.2) is 30.9 Å². The summed E-state index contributed by atoms with van der Waals surface area (Å²) < 4.78 is 15.5. The van der Waals surface area contributed by atoms with Crippen molar-refractivity contribution in [1.82, 2.24) is 14.8 Å². The minimum atomic E-state index is -1.35. The first kappa shape index (κ1) is 20.0. The topological polar surface area (TPSA) is 91.1 Å². The third-order valence-electron chi connectivity index (χ3n) is 5.62. The van der Waals surface area contributed by atoms with Crippen LogP contribution in [0.1, 0.15) is 29.9 Å². The summed E-state index contributed by atoms with van der Waals surface area (Å²) in [4.78, 5) is 12.1. The molecule has 2 aromatic heterocycles. The molecular formula is C25H20FN3O3. The van der Waals surface area contributed by atoms with Crippen LogP contribution in [0.3, 0.4) is 0 Å². The number of aliphatic hydroxyl groups is 1. The lowest BCUT2D eigenvalue weighted by Gasteiger charge is -2.24. The van der Waals surface area contributed by atoms with Gasteiger partial charge in [0.05, 0.1) is 34.1 Å². The molecule has 3 aromatic carbocycles. The van der Waals surface area contributed by atoms with E-state index in [4.69, 9.17) is 0 Å². The number of nitrogens with zero attached hydrogens (tertiary/aromatic N) is 2. The summed E-state index contributed by atoms with van der Waals surface area (Å²) in [5.41, 5.74) is 2.56. The molecule has 0 aliphatic rings. The van der Waals surface area contributed by atoms with E-state index in [1.165, 1.54) is 12.1 Å². The van der Waals surface area contributed by atoms with Gasteiger partial charge in [0.15, 0.2) is 0 Å². The number of carbonyl (C=O) groups is 1. The number of fused-ring (bicyclic) bond motifs is 2. The zero-order chi connectivity index (χ0) is 22.6. The lowest BCUT2D eigenvalue weighted by Crippen LogP contribution is -2.21. The molecule has 5 rings (SSSR count). The van der Waals surface area contributed by atoms with E-state index < -0.39 is 11.6 Å². The lowest BCUT2D eigenvalue weighted by atomic mass is 9.91. The molecule has 0 fully saturated rings. The average Bonchev–Trinajstić information content (AvgIpc) is 3.34. The number of aromatic nitrogens is 3. The zero-order valence-corrected chi connectivity index (χ0v) is 17.4. The molecule has 0 atom stereocenters. The van der Waals surface area contributed by atoms with Crippen LogP contribution in [0.25, 0.3) is 38.6 Å². The van der Waals surface area contributed by atoms with Crippen molar-refractivity contribution >= 4 is 27.8 Å². The largest absolute Gasteiger partial charge is 0.478 e. The number of nitrogens with one attached hydrogen (secondary N) is 1. The first-order valence-electron chi connectivity index (χ1n) is 10.1. The fraction of sp³-hybridized carbons (Fsp3) is 0.120. The molecule has 0 bridgehead atoms. The van der Waals surface area contributed by atoms with Gasteiger partial charge in [0.2, 0.25) is 0 Å². The van der Waals surface area contributed by atoms with Crippen LogP contribution >= 0.6 is 0 Å². The number of benzene rings is 3. The Bertz CT molecular complexity index is 1490. The highest BCUT2D eigenvalue weighted by Gasteiger charge is 2.31. The maximum Gasteiger partial charge on any atom is 0.336 e. The minimum absolute atomic E-state index is 0.126. The monoisotopic (exact) mass is 429 g/mol. The van der Waals surface area contributed by atoms with Crippen molar-refractivity contribution in [2.45, 2.75) is 19.4 Å². The quantitative estimate of drug-likeness (QED) is 0.364. The van der Waals surface area contributed by atoms with Crippen LogP contribution in [0, 0.1) is 5.82 Å². The molecule has 2 heterocycles. The van der Waals surface area contributed by atoms with E-state index in [1.54, 1.807) is 56.4 Å². The number of carboxylic acid groups (broad SMARTS) is 1. The normalized spacial score (nSPS) is 12.0. The Morgan fingerprint density at radius 3 is 2.50 bits per heavy atom. The van der Waals surface area contributed by atoms with Crippen molar-refractivity contribution in [3.63, 3.8) is 0 Å². The summed E-state index contributed by atoms with van der Waals surface area (Å²) in [6.45, 7) is 3.31. The molecular weight excluding hydrogens is 409 g/mol. The third-order valence-corrected chi connectivity index (χ3v) is 5.62. The number of rotatable bonds is 4. The molecule has 3 N–H and O–H groups in total. The van der Waals surface area contributed by atoms with E-state index in [0.29, 0.717) is 22.5 Å². The maximum absolute atomic E-state index is 13.7. The van der Waals surface area contributed by atoms with Crippen molar-refractivity contribution in [2.24, 2.45) is 0 Å². The zero-order valence-electron chi connectivity index (χ0n) is 17.4. The summed E-state index contributed by atoms with van der Waals surface area (Å²) >= 11 is 0. The van der Waals surface area contributed by atoms with Crippen LogP contribution < -0.4 is 0 Å². The molecule has 7 heteroatoms. The smallest absolute Gasteiger partial charge is 0.336 e. The number of aromatic amines is 1. The third kappa shape index (κ3) is 3.06. The van der Waals surface area contributed by atoms with Gasteiger partial charge in [-0.1, -0.05) is 18.2 Å². The lowest BCUT2D eigenvalue weighted by molar-refractivity contribution is 0.0692. The molecule has 6 nitrogen and oxygen atoms in total. The number of hydrogen-bond acceptors (Lipinski definition) is 3. The maximum atomic E-state index is 13.7. The predicted molar refractivity (Wildman–Crippen MR) is 121 cm³/mol. The van der Waals surface area contributed by atoms with E-state index in [2.05, 4.69) is 10.2 Å². The molecule has 160 valence electrons. The Labute approximate surface area is 182 Å². The van der Waals surface area contributed by atoms with E-state index in [9.17, 15) is 19.4 Å². The summed E-state index contributed by atoms with van der Waals surface area (Å²) in [5.74, 6) is -1.43. The molecule has 0 saturated heterocycles. The van der Waals surface area contributed by atoms with Crippen molar-refractivity contribution in [1.29, 1.82) is 0 Å². The first-order valence-corrected chi connectivity index (χ1v) is 10.1. The van der Waals surface area contributed by atoms with Crippen LogP contribution in [0.5, 0.6) is 0 Å². The van der Waals surface area contributed by atoms with Crippen molar-refractivity contribution in [3.05, 3.63) is 83.9 Å². The number of hydrogen-bond donors (Lipinski definition) is 3. The van der Waals surface area contributed by atoms with Gasteiger partial charge in [0, 0.05) is 22.0 Å². The van der Waals surface area contributed by atoms with E-state index in [1.807, 2.05) is 16.7 Å². The Hall–Kier alpha value is -3.97. The number of H-pyrrole nitrogens is 1. The fourth-order valence-electron chi connectivity index (χ4n) is 4.32. The second kappa shape index (κ2) is 7.03. The van der Waals surface area contributed by atoms with Gasteiger partial charge >= 0.3 is 5.97 Å². The second-order valence-electron chi connectivity index (χ2n) is 8.27. The van der Waals surface area contributed by atoms with Gasteiger partial charge in [-0.2, -0.15) is 5.10 Å². The number of aromatic carboxylic acids is 1. The van der Waals surface area contributed by atoms with Gasteiger partial charge in [-0.25, -0.2) is 9.18 Å². The Balaban J connectivity index is 2.02. The Morgan fingerprint density at radius 2 is 1.81 bits per heavy atom. The van der Waals surface area contributed by atoms with Gasteiger partial charge in [0.25, 0.3) is 0 Å². The average molecular weight is 429 g/mol. The summed E-state index contributed by atoms with van der Waals surface area (Å²) in [6, 6.07) is 16.5. The van der Waals surface area contributed by atoms with Crippen LogP contribution in [0.4, 0.5) is 4.39 Å². The Morgan fingerprint density at radius 1 is 1.09 bits per heavy atom. The molecule has 0 aliphatic heterocycles. The van der Waals surface area contributed by atoms with Crippen LogP contribution in [0.15, 0.2) is 66.9 Å². The molecule has 32 heavy (non-hydrogen) atoms. The van der Waals surface area contributed by atoms with Crippen molar-refractivity contribution in [3.8, 4) is 16.8 Å².